The molecule has 2 aromatic carbocycles. The van der Waals surface area contributed by atoms with E-state index in [1.54, 1.807) is 12.1 Å². The maximum Gasteiger partial charge on any atom is 0.246 e. The van der Waals surface area contributed by atoms with Gasteiger partial charge in [-0.2, -0.15) is 0 Å². The number of benzene rings is 2. The minimum Gasteiger partial charge on any atom is -0.492 e. The summed E-state index contributed by atoms with van der Waals surface area (Å²) in [7, 11) is 0. The fourth-order valence-electron chi connectivity index (χ4n) is 4.35. The molecule has 2 atom stereocenters. The number of nitrogens with one attached hydrogen (secondary N) is 2. The fraction of sp³-hybridized carbons (Fsp3) is 0.296. The molecule has 0 bridgehead atoms. The Morgan fingerprint density at radius 2 is 1.86 bits per heavy atom. The number of anilines is 2. The Morgan fingerprint density at radius 3 is 2.60 bits per heavy atom. The Morgan fingerprint density at radius 1 is 1.09 bits per heavy atom. The predicted octanol–water partition coefficient (Wildman–Crippen LogP) is 5.16. The van der Waals surface area contributed by atoms with E-state index >= 15 is 0 Å². The first kappa shape index (κ1) is 24.7. The van der Waals surface area contributed by atoms with Gasteiger partial charge in [0.1, 0.15) is 17.6 Å². The van der Waals surface area contributed by atoms with Crippen LogP contribution in [0.3, 0.4) is 0 Å². The molecule has 2 amide bonds. The topological polar surface area (TPSA) is 83.6 Å². The number of hydrogen-bond acceptors (Lipinski definition) is 5. The number of amides is 2. The average molecular weight is 493 g/mol. The Labute approximate surface area is 210 Å². The molecule has 2 unspecified atom stereocenters. The maximum atomic E-state index is 13.6. The number of carbonyl (C=O) groups excluding carboxylic acids is 2. The third kappa shape index (κ3) is 6.38. The normalized spacial score (nSPS) is 16.8. The SMILES string of the molecule is CCOc1ccccc1NC(=O)C(c1ccccc1)N1CCCC(C(=O)Nc2ccc(Cl)cn2)C1. The van der Waals surface area contributed by atoms with E-state index < -0.39 is 6.04 Å². The summed E-state index contributed by atoms with van der Waals surface area (Å²) < 4.78 is 5.69. The molecule has 8 heteroatoms. The van der Waals surface area contributed by atoms with E-state index in [1.165, 1.54) is 6.20 Å². The number of likely N-dealkylation sites (tertiary alicyclic amines) is 1. The van der Waals surface area contributed by atoms with Crippen LogP contribution in [-0.2, 0) is 9.59 Å². The largest absolute Gasteiger partial charge is 0.492 e. The first-order valence-corrected chi connectivity index (χ1v) is 12.2. The third-order valence-electron chi connectivity index (χ3n) is 5.98. The molecule has 0 spiro atoms. The van der Waals surface area contributed by atoms with Gasteiger partial charge in [-0.15, -0.1) is 0 Å². The van der Waals surface area contributed by atoms with Crippen molar-refractivity contribution in [3.05, 3.63) is 83.5 Å². The number of piperidine rings is 1. The van der Waals surface area contributed by atoms with Crippen molar-refractivity contribution in [2.24, 2.45) is 5.92 Å². The van der Waals surface area contributed by atoms with Gasteiger partial charge in [-0.05, 0) is 56.1 Å². The van der Waals surface area contributed by atoms with Gasteiger partial charge in [-0.3, -0.25) is 14.5 Å². The standard InChI is InChI=1S/C27H29ClN4O3/c1-2-35-23-13-7-6-12-22(23)30-27(34)25(19-9-4-3-5-10-19)32-16-8-11-20(18-32)26(33)31-24-15-14-21(28)17-29-24/h3-7,9-10,12-15,17,20,25H,2,8,11,16,18H2,1H3,(H,30,34)(H,29,31,33). The van der Waals surface area contributed by atoms with Crippen LogP contribution < -0.4 is 15.4 Å². The zero-order valence-corrected chi connectivity index (χ0v) is 20.4. The average Bonchev–Trinajstić information content (AvgIpc) is 2.88. The van der Waals surface area contributed by atoms with E-state index in [0.717, 1.165) is 18.4 Å². The molecule has 1 saturated heterocycles. The Bertz CT molecular complexity index is 1140. The highest BCUT2D eigenvalue weighted by molar-refractivity contribution is 6.30. The van der Waals surface area contributed by atoms with Crippen LogP contribution in [0.1, 0.15) is 31.4 Å². The molecule has 182 valence electrons. The fourth-order valence-corrected chi connectivity index (χ4v) is 4.46. The van der Waals surface area contributed by atoms with Gasteiger partial charge in [-0.1, -0.05) is 54.1 Å². The van der Waals surface area contributed by atoms with Crippen molar-refractivity contribution in [2.45, 2.75) is 25.8 Å². The van der Waals surface area contributed by atoms with Crippen molar-refractivity contribution >= 4 is 34.9 Å². The third-order valence-corrected chi connectivity index (χ3v) is 6.20. The number of hydrogen-bond donors (Lipinski definition) is 2. The Kier molecular flexibility index (Phi) is 8.34. The second kappa shape index (κ2) is 11.8. The highest BCUT2D eigenvalue weighted by Gasteiger charge is 2.34. The van der Waals surface area contributed by atoms with Gasteiger partial charge in [0.15, 0.2) is 0 Å². The molecule has 3 aromatic rings. The molecule has 7 nitrogen and oxygen atoms in total. The summed E-state index contributed by atoms with van der Waals surface area (Å²) in [6.07, 6.45) is 3.05. The number of nitrogens with zero attached hydrogens (tertiary/aromatic N) is 2. The summed E-state index contributed by atoms with van der Waals surface area (Å²) in [6, 6.07) is 19.9. The summed E-state index contributed by atoms with van der Waals surface area (Å²) in [5, 5.41) is 6.44. The number of carbonyl (C=O) groups is 2. The molecule has 0 aliphatic carbocycles. The lowest BCUT2D eigenvalue weighted by atomic mass is 9.93. The smallest absolute Gasteiger partial charge is 0.246 e. The van der Waals surface area contributed by atoms with Crippen molar-refractivity contribution < 1.29 is 14.3 Å². The molecule has 2 N–H and O–H groups in total. The number of ether oxygens (including phenoxy) is 1. The lowest BCUT2D eigenvalue weighted by molar-refractivity contribution is -0.126. The molecule has 1 aliphatic rings. The number of pyridine rings is 1. The van der Waals surface area contributed by atoms with Gasteiger partial charge in [0.25, 0.3) is 0 Å². The van der Waals surface area contributed by atoms with E-state index in [2.05, 4.69) is 20.5 Å². The van der Waals surface area contributed by atoms with E-state index in [-0.39, 0.29) is 17.7 Å². The highest BCUT2D eigenvalue weighted by atomic mass is 35.5. The van der Waals surface area contributed by atoms with Crippen molar-refractivity contribution in [2.75, 3.05) is 30.3 Å². The molecule has 0 radical (unpaired) electrons. The van der Waals surface area contributed by atoms with E-state index in [4.69, 9.17) is 16.3 Å². The van der Waals surface area contributed by atoms with Gasteiger partial charge in [0.05, 0.1) is 23.2 Å². The summed E-state index contributed by atoms with van der Waals surface area (Å²) in [4.78, 5) is 32.9. The number of halogens is 1. The van der Waals surface area contributed by atoms with Gasteiger partial charge in [-0.25, -0.2) is 4.98 Å². The monoisotopic (exact) mass is 492 g/mol. The van der Waals surface area contributed by atoms with Crippen LogP contribution in [0.15, 0.2) is 72.9 Å². The van der Waals surface area contributed by atoms with Crippen LogP contribution in [0.2, 0.25) is 5.02 Å². The minimum absolute atomic E-state index is 0.113. The molecule has 4 rings (SSSR count). The van der Waals surface area contributed by atoms with Crippen molar-refractivity contribution in [1.29, 1.82) is 0 Å². The van der Waals surface area contributed by atoms with Gasteiger partial charge < -0.3 is 15.4 Å². The quantitative estimate of drug-likeness (QED) is 0.453. The summed E-state index contributed by atoms with van der Waals surface area (Å²) in [6.45, 7) is 3.58. The number of rotatable bonds is 8. The molecule has 1 aromatic heterocycles. The summed E-state index contributed by atoms with van der Waals surface area (Å²) in [5.41, 5.74) is 1.50. The van der Waals surface area contributed by atoms with Gasteiger partial charge >= 0.3 is 0 Å². The van der Waals surface area contributed by atoms with E-state index in [9.17, 15) is 9.59 Å². The van der Waals surface area contributed by atoms with Crippen LogP contribution in [0, 0.1) is 5.92 Å². The number of aromatic nitrogens is 1. The molecular formula is C27H29ClN4O3. The molecule has 0 saturated carbocycles. The lowest BCUT2D eigenvalue weighted by Crippen LogP contribution is -2.46. The van der Waals surface area contributed by atoms with Crippen LogP contribution in [0.4, 0.5) is 11.5 Å². The van der Waals surface area contributed by atoms with E-state index in [1.807, 2.05) is 61.5 Å². The second-order valence-electron chi connectivity index (χ2n) is 8.42. The second-order valence-corrected chi connectivity index (χ2v) is 8.85. The highest BCUT2D eigenvalue weighted by Crippen LogP contribution is 2.31. The van der Waals surface area contributed by atoms with E-state index in [0.29, 0.717) is 42.0 Å². The van der Waals surface area contributed by atoms with Gasteiger partial charge in [0.2, 0.25) is 11.8 Å². The zero-order chi connectivity index (χ0) is 24.6. The van der Waals surface area contributed by atoms with Crippen molar-refractivity contribution in [1.82, 2.24) is 9.88 Å². The van der Waals surface area contributed by atoms with Crippen molar-refractivity contribution in [3.8, 4) is 5.75 Å². The van der Waals surface area contributed by atoms with Crippen LogP contribution in [0.5, 0.6) is 5.75 Å². The first-order chi connectivity index (χ1) is 17.0. The predicted molar refractivity (Wildman–Crippen MR) is 138 cm³/mol. The number of para-hydroxylation sites is 2. The zero-order valence-electron chi connectivity index (χ0n) is 19.6. The molecular weight excluding hydrogens is 464 g/mol. The van der Waals surface area contributed by atoms with Crippen LogP contribution in [0.25, 0.3) is 0 Å². The minimum atomic E-state index is -0.546. The molecule has 1 fully saturated rings. The van der Waals surface area contributed by atoms with Crippen LogP contribution >= 0.6 is 11.6 Å². The Hall–Kier alpha value is -3.42. The van der Waals surface area contributed by atoms with Crippen molar-refractivity contribution in [3.63, 3.8) is 0 Å². The summed E-state index contributed by atoms with van der Waals surface area (Å²) >= 11 is 5.90. The maximum absolute atomic E-state index is 13.6. The lowest BCUT2D eigenvalue weighted by Gasteiger charge is -2.37. The molecule has 1 aliphatic heterocycles. The Balaban J connectivity index is 1.53. The first-order valence-electron chi connectivity index (χ1n) is 11.8. The van der Waals surface area contributed by atoms with Crippen LogP contribution in [-0.4, -0.2) is 41.4 Å². The van der Waals surface area contributed by atoms with Gasteiger partial charge in [0, 0.05) is 12.7 Å². The molecule has 35 heavy (non-hydrogen) atoms. The summed E-state index contributed by atoms with van der Waals surface area (Å²) in [5.74, 6) is 0.543. The molecule has 2 heterocycles.